The average molecular weight is 819 g/mol. The number of anilines is 1. The number of unbranched alkanes of at least 4 members (excludes halogenated alkanes) is 5. The summed E-state index contributed by atoms with van der Waals surface area (Å²) in [5.74, 6) is -2.22. The first-order chi connectivity index (χ1) is 29.1. The number of aryl methyl sites for hydroxylation is 2. The quantitative estimate of drug-likeness (QED) is 0.0561. The molecule has 0 bridgehead atoms. The molecule has 316 valence electrons. The van der Waals surface area contributed by atoms with Crippen molar-refractivity contribution in [1.29, 1.82) is 0 Å². The summed E-state index contributed by atoms with van der Waals surface area (Å²) >= 11 is 0. The van der Waals surface area contributed by atoms with E-state index < -0.39 is 36.0 Å². The molecular weight excluding hydrogens is 765 g/mol. The van der Waals surface area contributed by atoms with Crippen molar-refractivity contribution in [3.8, 4) is 0 Å². The lowest BCUT2D eigenvalue weighted by molar-refractivity contribution is -0.186. The molecule has 4 heterocycles. The molecule has 0 saturated carbocycles. The third kappa shape index (κ3) is 10.5. The maximum Gasteiger partial charge on any atom is 0.275 e. The van der Waals surface area contributed by atoms with E-state index in [-0.39, 0.29) is 35.8 Å². The molecule has 0 spiro atoms. The minimum absolute atomic E-state index is 0.0837. The lowest BCUT2D eigenvalue weighted by atomic mass is 10.0. The van der Waals surface area contributed by atoms with Gasteiger partial charge in [-0.2, -0.15) is 0 Å². The Kier molecular flexibility index (Phi) is 14.0. The van der Waals surface area contributed by atoms with Gasteiger partial charge < -0.3 is 19.5 Å². The lowest BCUT2D eigenvalue weighted by Gasteiger charge is -2.27. The van der Waals surface area contributed by atoms with Crippen molar-refractivity contribution in [1.82, 2.24) is 25.2 Å². The molecule has 7 rings (SSSR count). The highest BCUT2D eigenvalue weighted by Crippen LogP contribution is 2.30. The predicted octanol–water partition coefficient (Wildman–Crippen LogP) is 6.27. The van der Waals surface area contributed by atoms with Crippen LogP contribution in [0.1, 0.15) is 119 Å². The van der Waals surface area contributed by atoms with Crippen molar-refractivity contribution >= 4 is 52.0 Å². The van der Waals surface area contributed by atoms with Crippen LogP contribution in [0.3, 0.4) is 0 Å². The number of carbonyl (C=O) groups is 6. The molecular formula is C46H54N6O8. The summed E-state index contributed by atoms with van der Waals surface area (Å²) in [5, 5.41) is 6.60. The summed E-state index contributed by atoms with van der Waals surface area (Å²) in [6.07, 6.45) is 11.8. The highest BCUT2D eigenvalue weighted by Gasteiger charge is 2.44. The van der Waals surface area contributed by atoms with E-state index >= 15 is 0 Å². The maximum atomic E-state index is 13.1. The van der Waals surface area contributed by atoms with Crippen LogP contribution in [0, 0.1) is 0 Å². The van der Waals surface area contributed by atoms with Crippen LogP contribution in [-0.2, 0) is 43.5 Å². The summed E-state index contributed by atoms with van der Waals surface area (Å²) < 4.78 is 7.70. The molecule has 1 aromatic heterocycles. The summed E-state index contributed by atoms with van der Waals surface area (Å²) in [6.45, 7) is 2.64. The zero-order valence-electron chi connectivity index (χ0n) is 34.2. The number of hydrogen-bond donors (Lipinski definition) is 3. The molecule has 3 aliphatic heterocycles. The van der Waals surface area contributed by atoms with Gasteiger partial charge in [0.25, 0.3) is 17.7 Å². The normalized spacial score (nSPS) is 17.8. The van der Waals surface area contributed by atoms with E-state index in [1.807, 2.05) is 31.4 Å². The molecule has 2 saturated heterocycles. The van der Waals surface area contributed by atoms with Crippen LogP contribution in [0.25, 0.3) is 10.9 Å². The summed E-state index contributed by atoms with van der Waals surface area (Å²) in [5.41, 5.74) is 7.57. The number of aromatic nitrogens is 1. The Balaban J connectivity index is 0.771. The van der Waals surface area contributed by atoms with Crippen LogP contribution in [0.5, 0.6) is 0 Å². The molecule has 14 nitrogen and oxygen atoms in total. The Morgan fingerprint density at radius 1 is 0.867 bits per heavy atom. The van der Waals surface area contributed by atoms with E-state index in [2.05, 4.69) is 44.9 Å². The van der Waals surface area contributed by atoms with Crippen molar-refractivity contribution in [3.63, 3.8) is 0 Å². The van der Waals surface area contributed by atoms with E-state index in [4.69, 9.17) is 9.57 Å². The van der Waals surface area contributed by atoms with Crippen molar-refractivity contribution in [2.75, 3.05) is 25.5 Å². The van der Waals surface area contributed by atoms with Gasteiger partial charge >= 0.3 is 0 Å². The number of ether oxygens (including phenoxy) is 1. The molecule has 6 amide bonds. The Bertz CT molecular complexity index is 2230. The number of hydrogen-bond acceptors (Lipinski definition) is 9. The number of benzene rings is 3. The molecule has 2 unspecified atom stereocenters. The number of imide groups is 2. The number of fused-ring (bicyclic) bond motifs is 2. The SMILES string of the molecule is CN(Cc1cccc(CCn2ccc3ccc(C(=O)NOC4CCCCO4)cc32)c1)C(=O)CCCCCCCCNc1ccc2c(c1)C(=O)N(C1CCC(=O)NC1=O)C2=O. The van der Waals surface area contributed by atoms with Gasteiger partial charge in [0.15, 0.2) is 6.29 Å². The largest absolute Gasteiger partial charge is 0.385 e. The molecule has 2 atom stereocenters. The van der Waals surface area contributed by atoms with Gasteiger partial charge in [-0.1, -0.05) is 56.0 Å². The molecule has 0 radical (unpaired) electrons. The second kappa shape index (κ2) is 19.9. The summed E-state index contributed by atoms with van der Waals surface area (Å²) in [4.78, 5) is 83.9. The first kappa shape index (κ1) is 42.3. The number of hydroxylamine groups is 1. The Morgan fingerprint density at radius 3 is 2.48 bits per heavy atom. The minimum Gasteiger partial charge on any atom is -0.385 e. The molecule has 3 aliphatic rings. The second-order valence-electron chi connectivity index (χ2n) is 16.0. The summed E-state index contributed by atoms with van der Waals surface area (Å²) in [7, 11) is 1.86. The molecule has 3 aromatic carbocycles. The number of nitrogens with one attached hydrogen (secondary N) is 3. The van der Waals surface area contributed by atoms with Crippen molar-refractivity contribution < 1.29 is 38.3 Å². The van der Waals surface area contributed by atoms with E-state index in [1.165, 1.54) is 5.56 Å². The fourth-order valence-corrected chi connectivity index (χ4v) is 8.11. The topological polar surface area (TPSA) is 168 Å². The van der Waals surface area contributed by atoms with E-state index in [0.717, 1.165) is 97.8 Å². The fourth-order valence-electron chi connectivity index (χ4n) is 8.11. The highest BCUT2D eigenvalue weighted by molar-refractivity contribution is 6.23. The van der Waals surface area contributed by atoms with Gasteiger partial charge in [0, 0.05) is 75.5 Å². The van der Waals surface area contributed by atoms with Gasteiger partial charge in [0.2, 0.25) is 17.7 Å². The number of nitrogens with zero attached hydrogens (tertiary/aromatic N) is 3. The molecule has 14 heteroatoms. The number of piperidine rings is 1. The zero-order valence-corrected chi connectivity index (χ0v) is 34.2. The lowest BCUT2D eigenvalue weighted by Crippen LogP contribution is -2.54. The minimum atomic E-state index is -0.980. The predicted molar refractivity (Wildman–Crippen MR) is 225 cm³/mol. The highest BCUT2D eigenvalue weighted by atomic mass is 16.8. The monoisotopic (exact) mass is 818 g/mol. The molecule has 0 aliphatic carbocycles. The number of carbonyl (C=O) groups excluding carboxylic acids is 6. The van der Waals surface area contributed by atoms with Crippen molar-refractivity contribution in [2.24, 2.45) is 0 Å². The Labute approximate surface area is 349 Å². The molecule has 3 N–H and O–H groups in total. The van der Waals surface area contributed by atoms with Crippen LogP contribution in [-0.4, -0.2) is 82.3 Å². The Hall–Kier alpha value is -5.86. The van der Waals surface area contributed by atoms with E-state index in [0.29, 0.717) is 31.7 Å². The van der Waals surface area contributed by atoms with Gasteiger partial charge in [-0.05, 0) is 91.4 Å². The zero-order chi connectivity index (χ0) is 42.0. The third-order valence-corrected chi connectivity index (χ3v) is 11.5. The van der Waals surface area contributed by atoms with E-state index in [1.54, 1.807) is 29.2 Å². The standard InChI is InChI=1S/C46H54N6O8/c1-50(30-32-12-10-11-31(27-32)21-24-51-25-22-33-15-16-34(28-39(33)51)43(55)49-60-42-14-7-9-26-59-42)41(54)13-6-4-2-3-5-8-23-47-35-17-18-36-37(29-35)46(58)52(45(36)57)38-19-20-40(53)48-44(38)56/h10-12,15-18,22,25,27-29,38,42,47H,2-9,13-14,19-21,23-24,26,30H2,1H3,(H,49,55)(H,48,53,56). The van der Waals surface area contributed by atoms with Crippen LogP contribution < -0.4 is 16.1 Å². The van der Waals surface area contributed by atoms with Gasteiger partial charge in [-0.25, -0.2) is 10.3 Å². The van der Waals surface area contributed by atoms with Gasteiger partial charge in [-0.15, -0.1) is 0 Å². The van der Waals surface area contributed by atoms with Crippen LogP contribution in [0.2, 0.25) is 0 Å². The Morgan fingerprint density at radius 2 is 1.67 bits per heavy atom. The first-order valence-electron chi connectivity index (χ1n) is 21.2. The number of rotatable bonds is 19. The number of amides is 6. The summed E-state index contributed by atoms with van der Waals surface area (Å²) in [6, 6.07) is 20.1. The van der Waals surface area contributed by atoms with Crippen molar-refractivity contribution in [3.05, 3.63) is 101 Å². The van der Waals surface area contributed by atoms with Crippen LogP contribution in [0.4, 0.5) is 5.69 Å². The third-order valence-electron chi connectivity index (χ3n) is 11.5. The smallest absolute Gasteiger partial charge is 0.275 e. The van der Waals surface area contributed by atoms with Gasteiger partial charge in [0.1, 0.15) is 6.04 Å². The van der Waals surface area contributed by atoms with Gasteiger partial charge in [0.05, 0.1) is 11.1 Å². The van der Waals surface area contributed by atoms with Crippen LogP contribution in [0.15, 0.2) is 72.9 Å². The molecule has 60 heavy (non-hydrogen) atoms. The molecule has 2 fully saturated rings. The van der Waals surface area contributed by atoms with Gasteiger partial charge in [-0.3, -0.25) is 39.0 Å². The average Bonchev–Trinajstić information content (AvgIpc) is 3.77. The maximum absolute atomic E-state index is 13.1. The van der Waals surface area contributed by atoms with Crippen molar-refractivity contribution in [2.45, 2.75) is 109 Å². The fraction of sp³-hybridized carbons (Fsp3) is 0.435. The molecule has 4 aromatic rings. The van der Waals surface area contributed by atoms with E-state index in [9.17, 15) is 28.8 Å². The first-order valence-corrected chi connectivity index (χ1v) is 21.2. The van der Waals surface area contributed by atoms with Crippen LogP contribution >= 0.6 is 0 Å². The second-order valence-corrected chi connectivity index (χ2v) is 16.0.